The Hall–Kier alpha value is -2.48. The number of nitrogens with one attached hydrogen (secondary N) is 2. The Morgan fingerprint density at radius 1 is 1.36 bits per heavy atom. The van der Waals surface area contributed by atoms with Crippen molar-refractivity contribution in [2.45, 2.75) is 32.0 Å². The molecule has 0 aliphatic carbocycles. The van der Waals surface area contributed by atoms with E-state index in [0.717, 1.165) is 23.1 Å². The van der Waals surface area contributed by atoms with Crippen LogP contribution in [0.25, 0.3) is 11.0 Å². The molecule has 132 valence electrons. The highest BCUT2D eigenvalue weighted by Crippen LogP contribution is 2.31. The molecule has 4 rings (SSSR count). The molecule has 2 aromatic rings. The van der Waals surface area contributed by atoms with Crippen LogP contribution in [0, 0.1) is 6.92 Å². The molecule has 0 spiro atoms. The molecule has 25 heavy (non-hydrogen) atoms. The van der Waals surface area contributed by atoms with E-state index in [-0.39, 0.29) is 18.4 Å². The van der Waals surface area contributed by atoms with E-state index in [9.17, 15) is 14.0 Å². The summed E-state index contributed by atoms with van der Waals surface area (Å²) < 4.78 is 16.2. The van der Waals surface area contributed by atoms with Crippen molar-refractivity contribution in [2.24, 2.45) is 0 Å². The SMILES string of the molecule is Cc1cn([C@@H]2CCNC[C@@H]2F)c2ncc(N3CCC(=O)NC3=O)cc12. The van der Waals surface area contributed by atoms with Gasteiger partial charge in [0.25, 0.3) is 0 Å². The summed E-state index contributed by atoms with van der Waals surface area (Å²) in [5.74, 6) is -0.266. The van der Waals surface area contributed by atoms with Gasteiger partial charge in [0.05, 0.1) is 17.9 Å². The third-order valence-electron chi connectivity index (χ3n) is 4.95. The highest BCUT2D eigenvalue weighted by molar-refractivity contribution is 6.06. The van der Waals surface area contributed by atoms with Gasteiger partial charge in [0.2, 0.25) is 5.91 Å². The number of urea groups is 1. The number of alkyl halides is 1. The minimum atomic E-state index is -0.955. The third-order valence-corrected chi connectivity index (χ3v) is 4.95. The average Bonchev–Trinajstić information content (AvgIpc) is 2.92. The van der Waals surface area contributed by atoms with Gasteiger partial charge in [0, 0.05) is 31.1 Å². The number of imide groups is 1. The van der Waals surface area contributed by atoms with Crippen molar-refractivity contribution in [1.82, 2.24) is 20.2 Å². The van der Waals surface area contributed by atoms with Gasteiger partial charge >= 0.3 is 6.03 Å². The van der Waals surface area contributed by atoms with E-state index in [4.69, 9.17) is 0 Å². The van der Waals surface area contributed by atoms with Gasteiger partial charge < -0.3 is 9.88 Å². The maximum atomic E-state index is 14.3. The Bertz CT molecular complexity index is 849. The Morgan fingerprint density at radius 2 is 2.20 bits per heavy atom. The summed E-state index contributed by atoms with van der Waals surface area (Å²) in [5.41, 5.74) is 2.35. The van der Waals surface area contributed by atoms with Gasteiger partial charge in [-0.15, -0.1) is 0 Å². The van der Waals surface area contributed by atoms with Crippen LogP contribution in [0.15, 0.2) is 18.5 Å². The molecule has 2 saturated heterocycles. The summed E-state index contributed by atoms with van der Waals surface area (Å²) in [4.78, 5) is 29.4. The van der Waals surface area contributed by atoms with Gasteiger partial charge in [-0.1, -0.05) is 0 Å². The van der Waals surface area contributed by atoms with Gasteiger partial charge in [0.1, 0.15) is 11.8 Å². The summed E-state index contributed by atoms with van der Waals surface area (Å²) in [7, 11) is 0. The van der Waals surface area contributed by atoms with E-state index in [1.807, 2.05) is 23.8 Å². The maximum absolute atomic E-state index is 14.3. The molecule has 3 amide bonds. The number of nitrogens with zero attached hydrogens (tertiary/aromatic N) is 3. The number of piperidine rings is 1. The number of amides is 3. The summed E-state index contributed by atoms with van der Waals surface area (Å²) in [5, 5.41) is 6.27. The van der Waals surface area contributed by atoms with Gasteiger partial charge in [-0.25, -0.2) is 14.2 Å². The minimum Gasteiger partial charge on any atom is -0.326 e. The highest BCUT2D eigenvalue weighted by Gasteiger charge is 2.29. The van der Waals surface area contributed by atoms with E-state index in [2.05, 4.69) is 15.6 Å². The number of anilines is 1. The Kier molecular flexibility index (Phi) is 3.91. The number of hydrogen-bond acceptors (Lipinski definition) is 4. The molecule has 2 aliphatic heterocycles. The second-order valence-electron chi connectivity index (χ2n) is 6.62. The molecule has 0 radical (unpaired) electrons. The fourth-order valence-electron chi connectivity index (χ4n) is 3.61. The second kappa shape index (κ2) is 6.11. The number of hydrogen-bond donors (Lipinski definition) is 2. The maximum Gasteiger partial charge on any atom is 0.328 e. The molecular weight excluding hydrogens is 325 g/mol. The fraction of sp³-hybridized carbons (Fsp3) is 0.471. The van der Waals surface area contributed by atoms with Gasteiger partial charge in [-0.3, -0.25) is 15.0 Å². The normalized spacial score (nSPS) is 24.6. The molecule has 2 fully saturated rings. The summed E-state index contributed by atoms with van der Waals surface area (Å²) >= 11 is 0. The van der Waals surface area contributed by atoms with E-state index in [0.29, 0.717) is 25.2 Å². The highest BCUT2D eigenvalue weighted by atomic mass is 19.1. The van der Waals surface area contributed by atoms with Gasteiger partial charge in [-0.05, 0) is 31.5 Å². The fourth-order valence-corrected chi connectivity index (χ4v) is 3.61. The zero-order valence-corrected chi connectivity index (χ0v) is 14.0. The first-order valence-electron chi connectivity index (χ1n) is 8.48. The summed E-state index contributed by atoms with van der Waals surface area (Å²) in [6.45, 7) is 3.42. The monoisotopic (exact) mass is 345 g/mol. The lowest BCUT2D eigenvalue weighted by atomic mass is 10.0. The number of pyridine rings is 1. The molecule has 2 aromatic heterocycles. The van der Waals surface area contributed by atoms with Crippen LogP contribution in [0.4, 0.5) is 14.9 Å². The molecule has 0 saturated carbocycles. The quantitative estimate of drug-likeness (QED) is 0.868. The predicted molar refractivity (Wildman–Crippen MR) is 91.4 cm³/mol. The van der Waals surface area contributed by atoms with Gasteiger partial charge in [-0.2, -0.15) is 0 Å². The smallest absolute Gasteiger partial charge is 0.326 e. The molecular formula is C17H20FN5O2. The standard InChI is InChI=1S/C17H20FN5O2/c1-10-9-23(14-2-4-19-8-13(14)18)16-12(10)6-11(7-20-16)22-5-3-15(24)21-17(22)25/h6-7,9,13-14,19H,2-5,8H2,1H3,(H,21,24,25)/t13-,14+/m0/s1. The van der Waals surface area contributed by atoms with Crippen LogP contribution in [0.2, 0.25) is 0 Å². The van der Waals surface area contributed by atoms with E-state index in [1.165, 1.54) is 4.90 Å². The number of halogens is 1. The van der Waals surface area contributed by atoms with Crippen LogP contribution in [0.3, 0.4) is 0 Å². The van der Waals surface area contributed by atoms with Crippen molar-refractivity contribution < 1.29 is 14.0 Å². The molecule has 2 aliphatic rings. The average molecular weight is 345 g/mol. The van der Waals surface area contributed by atoms with Crippen molar-refractivity contribution in [3.8, 4) is 0 Å². The van der Waals surface area contributed by atoms with Crippen LogP contribution in [0.1, 0.15) is 24.4 Å². The second-order valence-corrected chi connectivity index (χ2v) is 6.62. The van der Waals surface area contributed by atoms with Crippen molar-refractivity contribution >= 4 is 28.7 Å². The molecule has 4 heterocycles. The minimum absolute atomic E-state index is 0.230. The number of fused-ring (bicyclic) bond motifs is 1. The van der Waals surface area contributed by atoms with Crippen LogP contribution in [0.5, 0.6) is 0 Å². The number of carbonyl (C=O) groups excluding carboxylic acids is 2. The van der Waals surface area contributed by atoms with Crippen molar-refractivity contribution in [3.05, 3.63) is 24.0 Å². The number of aryl methyl sites for hydroxylation is 1. The molecule has 2 N–H and O–H groups in total. The van der Waals surface area contributed by atoms with Gasteiger partial charge in [0.15, 0.2) is 0 Å². The first kappa shape index (κ1) is 16.0. The lowest BCUT2D eigenvalue weighted by Gasteiger charge is -2.28. The summed E-state index contributed by atoms with van der Waals surface area (Å²) in [6.07, 6.45) is 3.57. The topological polar surface area (TPSA) is 79.3 Å². The number of aromatic nitrogens is 2. The van der Waals surface area contributed by atoms with Crippen molar-refractivity contribution in [2.75, 3.05) is 24.5 Å². The first-order chi connectivity index (χ1) is 12.0. The predicted octanol–water partition coefficient (Wildman–Crippen LogP) is 1.66. The zero-order valence-electron chi connectivity index (χ0n) is 14.0. The Balaban J connectivity index is 1.71. The largest absolute Gasteiger partial charge is 0.328 e. The summed E-state index contributed by atoms with van der Waals surface area (Å²) in [6, 6.07) is 1.22. The Labute approximate surface area is 144 Å². The molecule has 8 heteroatoms. The molecule has 2 atom stereocenters. The number of rotatable bonds is 2. The molecule has 0 bridgehead atoms. The van der Waals surface area contributed by atoms with E-state index in [1.54, 1.807) is 6.20 Å². The van der Waals surface area contributed by atoms with E-state index >= 15 is 0 Å². The van der Waals surface area contributed by atoms with Crippen LogP contribution in [-0.4, -0.2) is 47.3 Å². The zero-order chi connectivity index (χ0) is 17.6. The van der Waals surface area contributed by atoms with Crippen molar-refractivity contribution in [1.29, 1.82) is 0 Å². The van der Waals surface area contributed by atoms with Crippen LogP contribution >= 0.6 is 0 Å². The molecule has 7 nitrogen and oxygen atoms in total. The first-order valence-corrected chi connectivity index (χ1v) is 8.48. The third kappa shape index (κ3) is 2.76. The Morgan fingerprint density at radius 3 is 2.96 bits per heavy atom. The molecule has 0 aromatic carbocycles. The lowest BCUT2D eigenvalue weighted by molar-refractivity contribution is -0.120. The van der Waals surface area contributed by atoms with Crippen LogP contribution in [-0.2, 0) is 4.79 Å². The molecule has 0 unspecified atom stereocenters. The van der Waals surface area contributed by atoms with Crippen molar-refractivity contribution in [3.63, 3.8) is 0 Å². The van der Waals surface area contributed by atoms with E-state index < -0.39 is 12.2 Å². The van der Waals surface area contributed by atoms with Crippen LogP contribution < -0.4 is 15.5 Å². The lowest BCUT2D eigenvalue weighted by Crippen LogP contribution is -2.49. The number of carbonyl (C=O) groups is 2.